The quantitative estimate of drug-likeness (QED) is 0.220. The molecule has 2 heteroatoms. The van der Waals surface area contributed by atoms with Crippen LogP contribution in [-0.2, 0) is 23.3 Å². The van der Waals surface area contributed by atoms with Gasteiger partial charge in [-0.05, 0) is 11.5 Å². The number of hydrogen-bond donors (Lipinski definition) is 0. The average Bonchev–Trinajstić information content (AvgIpc) is 3.25. The molecule has 0 radical (unpaired) electrons. The second-order valence-electron chi connectivity index (χ2n) is 9.20. The Labute approximate surface area is 215 Å². The molecule has 0 saturated carbocycles. The van der Waals surface area contributed by atoms with Crippen molar-refractivity contribution >= 4 is 16.2 Å². The van der Waals surface area contributed by atoms with E-state index in [1.165, 1.54) is 49.8 Å². The Balaban J connectivity index is 0.000000197. The summed E-state index contributed by atoms with van der Waals surface area (Å²) in [4.78, 5) is 0. The van der Waals surface area contributed by atoms with Gasteiger partial charge in [0, 0.05) is 0 Å². The molecule has 2 atom stereocenters. The van der Waals surface area contributed by atoms with Crippen molar-refractivity contribution in [3.63, 3.8) is 0 Å². The minimum atomic E-state index is 0.210. The van der Waals surface area contributed by atoms with Gasteiger partial charge in [-0.2, -0.15) is 22.8 Å². The average molecular weight is 526 g/mol. The number of fused-ring (bicyclic) bond motifs is 3. The third kappa shape index (κ3) is 6.23. The van der Waals surface area contributed by atoms with Crippen molar-refractivity contribution in [3.05, 3.63) is 118 Å². The van der Waals surface area contributed by atoms with E-state index in [1.54, 1.807) is 23.3 Å². The third-order valence-corrected chi connectivity index (χ3v) is 6.40. The predicted octanol–water partition coefficient (Wildman–Crippen LogP) is 8.59. The van der Waals surface area contributed by atoms with Crippen molar-refractivity contribution in [1.82, 2.24) is 0 Å². The van der Waals surface area contributed by atoms with E-state index in [-0.39, 0.29) is 5.43 Å². The molecule has 0 bridgehead atoms. The summed E-state index contributed by atoms with van der Waals surface area (Å²) in [7, 11) is 0. The molecule has 0 heterocycles. The molecule has 3 aromatic rings. The molecule has 0 nitrogen and oxygen atoms in total. The Kier molecular flexibility index (Phi) is 9.08. The molecule has 0 aromatic heterocycles. The van der Waals surface area contributed by atoms with Crippen LogP contribution in [-0.4, -0.2) is 5.43 Å². The second-order valence-corrected chi connectivity index (χ2v) is 18.6. The van der Waals surface area contributed by atoms with Crippen LogP contribution in [0.25, 0.3) is 10.8 Å². The van der Waals surface area contributed by atoms with Crippen molar-refractivity contribution in [2.75, 3.05) is 0 Å². The summed E-state index contributed by atoms with van der Waals surface area (Å²) >= 11 is 1.74. The summed E-state index contributed by atoms with van der Waals surface area (Å²) in [6.07, 6.45) is 6.96. The molecule has 2 aliphatic rings. The van der Waals surface area contributed by atoms with E-state index in [4.69, 9.17) is 0 Å². The Morgan fingerprint density at radius 3 is 1.97 bits per heavy atom. The maximum atomic E-state index is 3.61. The molecule has 3 aromatic carbocycles. The monoisotopic (exact) mass is 524 g/mol. The fourth-order valence-corrected chi connectivity index (χ4v) is 4.41. The van der Waals surface area contributed by atoms with E-state index < -0.39 is 0 Å². The van der Waals surface area contributed by atoms with Gasteiger partial charge in [0.2, 0.25) is 0 Å². The zero-order valence-corrected chi connectivity index (χ0v) is 24.5. The zero-order valence-electron chi connectivity index (χ0n) is 21.0. The van der Waals surface area contributed by atoms with E-state index in [0.717, 1.165) is 0 Å². The van der Waals surface area contributed by atoms with E-state index in [2.05, 4.69) is 127 Å². The maximum absolute atomic E-state index is 3.61. The molecule has 0 aliphatic heterocycles. The van der Waals surface area contributed by atoms with Crippen molar-refractivity contribution in [1.29, 1.82) is 0 Å². The van der Waals surface area contributed by atoms with Gasteiger partial charge in [-0.15, -0.1) is 35.6 Å². The van der Waals surface area contributed by atoms with Crippen molar-refractivity contribution in [3.8, 4) is 0 Å². The molecule has 0 saturated heterocycles. The SMILES string of the molecule is CC1=[C-]C(C)C(C)=C1C.CC1=[C-]c2c(ccc3ccccc23)C1c1ccccc1.C[Si](C)=[Zr+2]. The van der Waals surface area contributed by atoms with Crippen molar-refractivity contribution < 1.29 is 23.3 Å². The molecule has 0 N–H and O–H groups in total. The second kappa shape index (κ2) is 11.6. The van der Waals surface area contributed by atoms with E-state index in [0.29, 0.717) is 11.8 Å². The van der Waals surface area contributed by atoms with Crippen LogP contribution < -0.4 is 0 Å². The molecule has 0 fully saturated rings. The van der Waals surface area contributed by atoms with Crippen LogP contribution in [0.4, 0.5) is 0 Å². The standard InChI is InChI=1S/C20H15.C9H13.C2H6Si.Zr/c1-14-13-19-17-10-6-5-7-15(17)11-12-18(19)20(14)16-8-3-2-4-9-16;1-6-5-7(2)9(4)8(6)3;1-3-2;/h2-12,20H,1H3;6H,1-4H3;1-2H3;/q2*-1;;+2. The molecular formula is C31H34SiZr. The van der Waals surface area contributed by atoms with Gasteiger partial charge < -0.3 is 0 Å². The van der Waals surface area contributed by atoms with Crippen LogP contribution in [0.3, 0.4) is 0 Å². The normalized spacial score (nSPS) is 18.6. The fraction of sp³-hybridized carbons (Fsp3) is 0.290. The van der Waals surface area contributed by atoms with Crippen LogP contribution in [0.5, 0.6) is 0 Å². The molecule has 5 rings (SSSR count). The number of hydrogen-bond acceptors (Lipinski definition) is 0. The number of rotatable bonds is 1. The van der Waals surface area contributed by atoms with Crippen LogP contribution in [0, 0.1) is 18.1 Å². The van der Waals surface area contributed by atoms with Gasteiger partial charge in [0.05, 0.1) is 0 Å². The number of allylic oxidation sites excluding steroid dienone is 5. The summed E-state index contributed by atoms with van der Waals surface area (Å²) in [5.41, 5.74) is 9.77. The topological polar surface area (TPSA) is 0 Å². The van der Waals surface area contributed by atoms with E-state index in [9.17, 15) is 0 Å². The first-order valence-corrected chi connectivity index (χ1v) is 17.9. The van der Waals surface area contributed by atoms with Gasteiger partial charge in [-0.3, -0.25) is 6.08 Å². The summed E-state index contributed by atoms with van der Waals surface area (Å²) in [6.45, 7) is 15.5. The first-order chi connectivity index (χ1) is 15.7. The van der Waals surface area contributed by atoms with Gasteiger partial charge in [0.25, 0.3) is 0 Å². The first kappa shape index (κ1) is 25.9. The van der Waals surface area contributed by atoms with Gasteiger partial charge in [0.1, 0.15) is 0 Å². The van der Waals surface area contributed by atoms with Crippen LogP contribution in [0.1, 0.15) is 57.2 Å². The van der Waals surface area contributed by atoms with Crippen LogP contribution >= 0.6 is 0 Å². The molecule has 0 amide bonds. The fourth-order valence-electron chi connectivity index (χ4n) is 4.41. The van der Waals surface area contributed by atoms with Crippen molar-refractivity contribution in [2.45, 2.75) is 53.6 Å². The summed E-state index contributed by atoms with van der Waals surface area (Å²) < 4.78 is 0. The van der Waals surface area contributed by atoms with Crippen molar-refractivity contribution in [2.24, 2.45) is 5.92 Å². The molecule has 2 unspecified atom stereocenters. The molecule has 33 heavy (non-hydrogen) atoms. The molecular weight excluding hydrogens is 492 g/mol. The Morgan fingerprint density at radius 2 is 1.42 bits per heavy atom. The van der Waals surface area contributed by atoms with Gasteiger partial charge in [-0.25, -0.2) is 5.57 Å². The molecule has 0 spiro atoms. The predicted molar refractivity (Wildman–Crippen MR) is 141 cm³/mol. The van der Waals surface area contributed by atoms with Gasteiger partial charge in [-0.1, -0.05) is 93.6 Å². The summed E-state index contributed by atoms with van der Waals surface area (Å²) in [5, 5.41) is 2.60. The van der Waals surface area contributed by atoms with Crippen LogP contribution in [0.2, 0.25) is 13.1 Å². The minimum absolute atomic E-state index is 0.210. The molecule has 166 valence electrons. The Hall–Kier alpha value is -1.76. The van der Waals surface area contributed by atoms with E-state index in [1.807, 2.05) is 0 Å². The third-order valence-electron chi connectivity index (χ3n) is 6.40. The summed E-state index contributed by atoms with van der Waals surface area (Å²) in [5.74, 6) is 0.917. The summed E-state index contributed by atoms with van der Waals surface area (Å²) in [6, 6.07) is 23.8. The van der Waals surface area contributed by atoms with Gasteiger partial charge >= 0.3 is 41.9 Å². The first-order valence-electron chi connectivity index (χ1n) is 11.7. The van der Waals surface area contributed by atoms with Crippen LogP contribution in [0.15, 0.2) is 89.0 Å². The number of benzene rings is 3. The Morgan fingerprint density at radius 1 is 0.818 bits per heavy atom. The van der Waals surface area contributed by atoms with Gasteiger partial charge in [0.15, 0.2) is 0 Å². The zero-order chi connectivity index (χ0) is 24.1. The Bertz CT molecular complexity index is 1240. The van der Waals surface area contributed by atoms with E-state index >= 15 is 0 Å². The molecule has 2 aliphatic carbocycles.